The summed E-state index contributed by atoms with van der Waals surface area (Å²) < 4.78 is 0. The van der Waals surface area contributed by atoms with Gasteiger partial charge < -0.3 is 4.90 Å². The molecule has 0 heterocycles. The molecule has 0 aliphatic rings. The molecule has 0 aliphatic heterocycles. The molecule has 0 fully saturated rings. The topological polar surface area (TPSA) is 20.3 Å². The van der Waals surface area contributed by atoms with E-state index in [1.54, 1.807) is 0 Å². The highest BCUT2D eigenvalue weighted by atomic mass is 16.2. The highest BCUT2D eigenvalue weighted by Gasteiger charge is 2.05. The van der Waals surface area contributed by atoms with E-state index in [0.29, 0.717) is 6.42 Å². The predicted octanol–water partition coefficient (Wildman–Crippen LogP) is 1.82. The average Bonchev–Trinajstić information content (AvgIpc) is 2.03. The highest BCUT2D eigenvalue weighted by Crippen LogP contribution is 1.94. The van der Waals surface area contributed by atoms with Crippen LogP contribution in [0.25, 0.3) is 0 Å². The Kier molecular flexibility index (Phi) is 5.53. The van der Waals surface area contributed by atoms with Crippen molar-refractivity contribution >= 4 is 5.91 Å². The molecule has 0 saturated heterocycles. The van der Waals surface area contributed by atoms with E-state index in [9.17, 15) is 4.79 Å². The predicted molar refractivity (Wildman–Crippen MR) is 47.4 cm³/mol. The van der Waals surface area contributed by atoms with Gasteiger partial charge in [0.2, 0.25) is 5.91 Å². The van der Waals surface area contributed by atoms with Gasteiger partial charge in [0.1, 0.15) is 0 Å². The van der Waals surface area contributed by atoms with Crippen LogP contribution in [0.3, 0.4) is 0 Å². The molecule has 0 rings (SSSR count). The van der Waals surface area contributed by atoms with E-state index in [1.807, 2.05) is 37.8 Å². The zero-order chi connectivity index (χ0) is 8.69. The zero-order valence-electron chi connectivity index (χ0n) is 7.63. The van der Waals surface area contributed by atoms with Crippen LogP contribution in [-0.4, -0.2) is 23.9 Å². The first-order chi connectivity index (χ1) is 5.26. The second-order valence-corrected chi connectivity index (χ2v) is 2.34. The lowest BCUT2D eigenvalue weighted by Crippen LogP contribution is -2.29. The Balaban J connectivity index is 3.79. The Labute approximate surface area is 68.9 Å². The van der Waals surface area contributed by atoms with Gasteiger partial charge in [-0.1, -0.05) is 12.2 Å². The first-order valence-corrected chi connectivity index (χ1v) is 4.15. The van der Waals surface area contributed by atoms with Crippen molar-refractivity contribution in [2.75, 3.05) is 13.1 Å². The van der Waals surface area contributed by atoms with E-state index < -0.39 is 0 Å². The SMILES string of the molecule is C/C=C/CC(=O)N(CC)CC. The molecule has 0 atom stereocenters. The van der Waals surface area contributed by atoms with Crippen molar-refractivity contribution in [1.29, 1.82) is 0 Å². The summed E-state index contributed by atoms with van der Waals surface area (Å²) >= 11 is 0. The largest absolute Gasteiger partial charge is 0.343 e. The Morgan fingerprint density at radius 2 is 1.91 bits per heavy atom. The van der Waals surface area contributed by atoms with Crippen molar-refractivity contribution in [2.45, 2.75) is 27.2 Å². The minimum absolute atomic E-state index is 0.216. The van der Waals surface area contributed by atoms with Crippen LogP contribution in [-0.2, 0) is 4.79 Å². The number of rotatable bonds is 4. The summed E-state index contributed by atoms with van der Waals surface area (Å²) in [6, 6.07) is 0. The Morgan fingerprint density at radius 1 is 1.36 bits per heavy atom. The van der Waals surface area contributed by atoms with Gasteiger partial charge in [0.25, 0.3) is 0 Å². The fourth-order valence-electron chi connectivity index (χ4n) is 0.924. The molecule has 64 valence electrons. The molecule has 0 aliphatic carbocycles. The number of amides is 1. The molecular formula is C9H17NO. The third-order valence-electron chi connectivity index (χ3n) is 1.64. The lowest BCUT2D eigenvalue weighted by molar-refractivity contribution is -0.129. The number of nitrogens with zero attached hydrogens (tertiary/aromatic N) is 1. The van der Waals surface area contributed by atoms with Crippen molar-refractivity contribution < 1.29 is 4.79 Å². The molecule has 0 aromatic heterocycles. The van der Waals surface area contributed by atoms with Crippen molar-refractivity contribution in [3.8, 4) is 0 Å². The summed E-state index contributed by atoms with van der Waals surface area (Å²) in [7, 11) is 0. The molecule has 0 spiro atoms. The van der Waals surface area contributed by atoms with Gasteiger partial charge in [-0.05, 0) is 20.8 Å². The molecule has 2 heteroatoms. The van der Waals surface area contributed by atoms with E-state index in [0.717, 1.165) is 13.1 Å². The van der Waals surface area contributed by atoms with Crippen LogP contribution in [0.15, 0.2) is 12.2 Å². The highest BCUT2D eigenvalue weighted by molar-refractivity contribution is 5.77. The van der Waals surface area contributed by atoms with Gasteiger partial charge in [0, 0.05) is 19.5 Å². The maximum absolute atomic E-state index is 11.2. The molecule has 0 radical (unpaired) electrons. The molecule has 0 N–H and O–H groups in total. The normalized spacial score (nSPS) is 10.5. The lowest BCUT2D eigenvalue weighted by atomic mass is 10.3. The average molecular weight is 155 g/mol. The number of hydrogen-bond acceptors (Lipinski definition) is 1. The summed E-state index contributed by atoms with van der Waals surface area (Å²) in [5.74, 6) is 0.216. The fraction of sp³-hybridized carbons (Fsp3) is 0.667. The van der Waals surface area contributed by atoms with Gasteiger partial charge in [0.15, 0.2) is 0 Å². The van der Waals surface area contributed by atoms with Gasteiger partial charge in [-0.3, -0.25) is 4.79 Å². The zero-order valence-corrected chi connectivity index (χ0v) is 7.63. The van der Waals surface area contributed by atoms with Crippen LogP contribution in [0.5, 0.6) is 0 Å². The van der Waals surface area contributed by atoms with Crippen LogP contribution < -0.4 is 0 Å². The molecule has 0 saturated carbocycles. The smallest absolute Gasteiger partial charge is 0.226 e. The fourth-order valence-corrected chi connectivity index (χ4v) is 0.924. The van der Waals surface area contributed by atoms with Crippen LogP contribution in [0.1, 0.15) is 27.2 Å². The van der Waals surface area contributed by atoms with Crippen molar-refractivity contribution in [3.63, 3.8) is 0 Å². The third-order valence-corrected chi connectivity index (χ3v) is 1.64. The van der Waals surface area contributed by atoms with Gasteiger partial charge in [-0.2, -0.15) is 0 Å². The second-order valence-electron chi connectivity index (χ2n) is 2.34. The molecular weight excluding hydrogens is 138 g/mol. The van der Waals surface area contributed by atoms with Crippen molar-refractivity contribution in [1.82, 2.24) is 4.90 Å². The Morgan fingerprint density at radius 3 is 2.27 bits per heavy atom. The van der Waals surface area contributed by atoms with Crippen molar-refractivity contribution in [3.05, 3.63) is 12.2 Å². The van der Waals surface area contributed by atoms with E-state index in [2.05, 4.69) is 0 Å². The van der Waals surface area contributed by atoms with Crippen molar-refractivity contribution in [2.24, 2.45) is 0 Å². The molecule has 0 bridgehead atoms. The van der Waals surface area contributed by atoms with Gasteiger partial charge in [0.05, 0.1) is 0 Å². The number of allylic oxidation sites excluding steroid dienone is 1. The van der Waals surface area contributed by atoms with Crippen LogP contribution >= 0.6 is 0 Å². The molecule has 0 aromatic rings. The van der Waals surface area contributed by atoms with E-state index >= 15 is 0 Å². The summed E-state index contributed by atoms with van der Waals surface area (Å²) in [6.45, 7) is 7.55. The maximum Gasteiger partial charge on any atom is 0.226 e. The minimum Gasteiger partial charge on any atom is -0.343 e. The summed E-state index contributed by atoms with van der Waals surface area (Å²) in [5, 5.41) is 0. The molecule has 1 amide bonds. The Bertz CT molecular complexity index is 136. The van der Waals surface area contributed by atoms with Gasteiger partial charge in [-0.15, -0.1) is 0 Å². The lowest BCUT2D eigenvalue weighted by Gasteiger charge is -2.17. The van der Waals surface area contributed by atoms with Gasteiger partial charge >= 0.3 is 0 Å². The quantitative estimate of drug-likeness (QED) is 0.567. The van der Waals surface area contributed by atoms with Gasteiger partial charge in [-0.25, -0.2) is 0 Å². The molecule has 0 unspecified atom stereocenters. The summed E-state index contributed by atoms with van der Waals surface area (Å²) in [5.41, 5.74) is 0. The molecule has 2 nitrogen and oxygen atoms in total. The number of carbonyl (C=O) groups excluding carboxylic acids is 1. The summed E-state index contributed by atoms with van der Waals surface area (Å²) in [4.78, 5) is 13.1. The van der Waals surface area contributed by atoms with Crippen LogP contribution in [0, 0.1) is 0 Å². The first kappa shape index (κ1) is 10.2. The third kappa shape index (κ3) is 3.81. The molecule has 0 aromatic carbocycles. The standard InChI is InChI=1S/C9H17NO/c1-4-7-8-9(11)10(5-2)6-3/h4,7H,5-6,8H2,1-3H3/b7-4+. The minimum atomic E-state index is 0.216. The van der Waals surface area contributed by atoms with Crippen LogP contribution in [0.4, 0.5) is 0 Å². The van der Waals surface area contributed by atoms with E-state index in [4.69, 9.17) is 0 Å². The summed E-state index contributed by atoms with van der Waals surface area (Å²) in [6.07, 6.45) is 4.33. The number of hydrogen-bond donors (Lipinski definition) is 0. The van der Waals surface area contributed by atoms with E-state index in [1.165, 1.54) is 0 Å². The first-order valence-electron chi connectivity index (χ1n) is 4.15. The second kappa shape index (κ2) is 5.96. The maximum atomic E-state index is 11.2. The van der Waals surface area contributed by atoms with Crippen LogP contribution in [0.2, 0.25) is 0 Å². The van der Waals surface area contributed by atoms with E-state index in [-0.39, 0.29) is 5.91 Å². The monoisotopic (exact) mass is 155 g/mol. The number of carbonyl (C=O) groups is 1. The molecule has 11 heavy (non-hydrogen) atoms. The Hall–Kier alpha value is -0.790.